The van der Waals surface area contributed by atoms with Gasteiger partial charge in [-0.3, -0.25) is 5.41 Å². The fourth-order valence-electron chi connectivity index (χ4n) is 0.333. The second-order valence-corrected chi connectivity index (χ2v) is 2.19. The van der Waals surface area contributed by atoms with Crippen LogP contribution in [0.25, 0.3) is 0 Å². The number of hydrogen-bond acceptors (Lipinski definition) is 4. The van der Waals surface area contributed by atoms with Gasteiger partial charge in [0.1, 0.15) is 0 Å². The summed E-state index contributed by atoms with van der Waals surface area (Å²) in [6.07, 6.45) is 0.0764. The standard InChI is InChI=1S/C4H12N2.CH5N3.CH2O3/c1-2-3-4(5)6;2*2-1(3)4/h4H,2-3,5-6H2,1H3;(H5,2,3,4);(H2,2,3,4). The van der Waals surface area contributed by atoms with Gasteiger partial charge in [0.15, 0.2) is 5.96 Å². The van der Waals surface area contributed by atoms with Gasteiger partial charge in [0.2, 0.25) is 0 Å². The zero-order valence-corrected chi connectivity index (χ0v) is 8.10. The highest BCUT2D eigenvalue weighted by molar-refractivity contribution is 5.71. The lowest BCUT2D eigenvalue weighted by Gasteiger charge is -1.97. The molecule has 0 unspecified atom stereocenters. The molecular weight excluding hydrogens is 190 g/mol. The molecular formula is C6H19N5O3. The molecule has 11 N–H and O–H groups in total. The van der Waals surface area contributed by atoms with Crippen LogP contribution in [-0.2, 0) is 0 Å². The lowest BCUT2D eigenvalue weighted by molar-refractivity contribution is 0.137. The summed E-state index contributed by atoms with van der Waals surface area (Å²) in [6, 6.07) is 0. The van der Waals surface area contributed by atoms with Gasteiger partial charge in [-0.25, -0.2) is 4.79 Å². The molecule has 86 valence electrons. The minimum atomic E-state index is -1.83. The first-order chi connectivity index (χ1) is 6.23. The molecule has 0 aliphatic rings. The number of rotatable bonds is 2. The lowest BCUT2D eigenvalue weighted by Crippen LogP contribution is -2.29. The Morgan fingerprint density at radius 2 is 1.57 bits per heavy atom. The largest absolute Gasteiger partial charge is 0.503 e. The van der Waals surface area contributed by atoms with Crippen molar-refractivity contribution >= 4 is 12.1 Å². The number of carbonyl (C=O) groups is 1. The third kappa shape index (κ3) is 439. The number of nitrogens with two attached hydrogens (primary N) is 4. The van der Waals surface area contributed by atoms with E-state index in [9.17, 15) is 0 Å². The van der Waals surface area contributed by atoms with E-state index >= 15 is 0 Å². The summed E-state index contributed by atoms with van der Waals surface area (Å²) in [6.45, 7) is 2.06. The van der Waals surface area contributed by atoms with Crippen molar-refractivity contribution in [1.82, 2.24) is 0 Å². The molecule has 0 heterocycles. The molecule has 0 atom stereocenters. The van der Waals surface area contributed by atoms with Gasteiger partial charge in [-0.15, -0.1) is 0 Å². The molecule has 0 rings (SSSR count). The van der Waals surface area contributed by atoms with E-state index in [0.29, 0.717) is 0 Å². The van der Waals surface area contributed by atoms with Gasteiger partial charge < -0.3 is 33.1 Å². The molecule has 8 heteroatoms. The van der Waals surface area contributed by atoms with Gasteiger partial charge in [-0.1, -0.05) is 13.3 Å². The van der Waals surface area contributed by atoms with Crippen LogP contribution in [0.15, 0.2) is 0 Å². The minimum absolute atomic E-state index is 0.102. The van der Waals surface area contributed by atoms with Gasteiger partial charge in [0, 0.05) is 0 Å². The topological polar surface area (TPSA) is 185 Å². The number of guanidine groups is 1. The molecule has 0 aliphatic carbocycles. The van der Waals surface area contributed by atoms with Gasteiger partial charge in [-0.2, -0.15) is 0 Å². The lowest BCUT2D eigenvalue weighted by atomic mass is 10.3. The van der Waals surface area contributed by atoms with Crippen molar-refractivity contribution in [3.63, 3.8) is 0 Å². The Morgan fingerprint density at radius 3 is 1.57 bits per heavy atom. The summed E-state index contributed by atoms with van der Waals surface area (Å²) < 4.78 is 0. The van der Waals surface area contributed by atoms with E-state index in [-0.39, 0.29) is 12.1 Å². The van der Waals surface area contributed by atoms with Crippen molar-refractivity contribution in [2.24, 2.45) is 22.9 Å². The van der Waals surface area contributed by atoms with Gasteiger partial charge in [0.05, 0.1) is 6.17 Å². The Hall–Kier alpha value is -1.54. The zero-order chi connectivity index (χ0) is 12.1. The highest BCUT2D eigenvalue weighted by atomic mass is 16.6. The van der Waals surface area contributed by atoms with Gasteiger partial charge >= 0.3 is 6.16 Å². The first-order valence-electron chi connectivity index (χ1n) is 3.76. The average molecular weight is 209 g/mol. The average Bonchev–Trinajstić information content (AvgIpc) is 1.82. The summed E-state index contributed by atoms with van der Waals surface area (Å²) >= 11 is 0. The highest BCUT2D eigenvalue weighted by Gasteiger charge is 1.85. The van der Waals surface area contributed by atoms with Crippen molar-refractivity contribution in [3.8, 4) is 0 Å². The molecule has 0 fully saturated rings. The molecule has 0 aromatic heterocycles. The number of carboxylic acid groups (broad SMARTS) is 2. The van der Waals surface area contributed by atoms with E-state index in [1.807, 2.05) is 0 Å². The molecule has 0 spiro atoms. The molecule has 0 aromatic rings. The third-order valence-electron chi connectivity index (χ3n) is 0.622. The Morgan fingerprint density at radius 1 is 1.36 bits per heavy atom. The molecule has 14 heavy (non-hydrogen) atoms. The SMILES string of the molecule is CCCC(N)N.N=C(N)N.O=C(O)O. The van der Waals surface area contributed by atoms with Crippen molar-refractivity contribution in [3.05, 3.63) is 0 Å². The van der Waals surface area contributed by atoms with Crippen molar-refractivity contribution in [1.29, 1.82) is 5.41 Å². The second-order valence-electron chi connectivity index (χ2n) is 2.19. The molecule has 0 radical (unpaired) electrons. The summed E-state index contributed by atoms with van der Waals surface area (Å²) in [7, 11) is 0. The smallest absolute Gasteiger partial charge is 0.450 e. The van der Waals surface area contributed by atoms with Crippen LogP contribution in [0.1, 0.15) is 19.8 Å². The number of nitrogens with one attached hydrogen (secondary N) is 1. The maximum Gasteiger partial charge on any atom is 0.503 e. The first kappa shape index (κ1) is 18.3. The van der Waals surface area contributed by atoms with Crippen molar-refractivity contribution < 1.29 is 15.0 Å². The fourth-order valence-corrected chi connectivity index (χ4v) is 0.333. The van der Waals surface area contributed by atoms with E-state index in [1.54, 1.807) is 0 Å². The normalized spacial score (nSPS) is 7.71. The predicted octanol–water partition coefficient (Wildman–Crippen LogP) is -0.909. The second kappa shape index (κ2) is 14.0. The zero-order valence-electron chi connectivity index (χ0n) is 8.10. The molecule has 0 aromatic carbocycles. The maximum atomic E-state index is 8.56. The first-order valence-corrected chi connectivity index (χ1v) is 3.76. The van der Waals surface area contributed by atoms with E-state index < -0.39 is 6.16 Å². The van der Waals surface area contributed by atoms with Gasteiger partial charge in [0.25, 0.3) is 0 Å². The van der Waals surface area contributed by atoms with Crippen LogP contribution in [-0.4, -0.2) is 28.5 Å². The van der Waals surface area contributed by atoms with Crippen LogP contribution in [0.4, 0.5) is 4.79 Å². The van der Waals surface area contributed by atoms with Crippen LogP contribution in [0.5, 0.6) is 0 Å². The van der Waals surface area contributed by atoms with E-state index in [0.717, 1.165) is 12.8 Å². The third-order valence-corrected chi connectivity index (χ3v) is 0.622. The minimum Gasteiger partial charge on any atom is -0.450 e. The van der Waals surface area contributed by atoms with Crippen LogP contribution in [0, 0.1) is 5.41 Å². The highest BCUT2D eigenvalue weighted by Crippen LogP contribution is 1.82. The van der Waals surface area contributed by atoms with Crippen LogP contribution in [0.2, 0.25) is 0 Å². The number of hydrogen-bond donors (Lipinski definition) is 7. The van der Waals surface area contributed by atoms with Crippen molar-refractivity contribution in [2.75, 3.05) is 0 Å². The summed E-state index contributed by atoms with van der Waals surface area (Å²) in [5.74, 6) is -0.333. The molecule has 0 saturated carbocycles. The molecule has 8 nitrogen and oxygen atoms in total. The molecule has 0 amide bonds. The van der Waals surface area contributed by atoms with Gasteiger partial charge in [-0.05, 0) is 6.42 Å². The summed E-state index contributed by atoms with van der Waals surface area (Å²) in [5, 5.41) is 20.0. The van der Waals surface area contributed by atoms with E-state index in [1.165, 1.54) is 0 Å². The summed E-state index contributed by atoms with van der Waals surface area (Å²) in [5.41, 5.74) is 19.3. The quantitative estimate of drug-likeness (QED) is 0.174. The summed E-state index contributed by atoms with van der Waals surface area (Å²) in [4.78, 5) is 8.56. The van der Waals surface area contributed by atoms with E-state index in [2.05, 4.69) is 18.4 Å². The Balaban J connectivity index is -0.000000135. The molecule has 0 aliphatic heterocycles. The van der Waals surface area contributed by atoms with Crippen LogP contribution in [0.3, 0.4) is 0 Å². The van der Waals surface area contributed by atoms with Crippen molar-refractivity contribution in [2.45, 2.75) is 25.9 Å². The van der Waals surface area contributed by atoms with Crippen LogP contribution < -0.4 is 22.9 Å². The monoisotopic (exact) mass is 209 g/mol. The fraction of sp³-hybridized carbons (Fsp3) is 0.667. The Kier molecular flexibility index (Phi) is 18.3. The van der Waals surface area contributed by atoms with E-state index in [4.69, 9.17) is 31.9 Å². The Bertz CT molecular complexity index is 130. The molecule has 0 saturated heterocycles. The predicted molar refractivity (Wildman–Crippen MR) is 53.8 cm³/mol. The maximum absolute atomic E-state index is 8.56. The molecule has 0 bridgehead atoms. The Labute approximate surface area is 82.4 Å². The van der Waals surface area contributed by atoms with Crippen LogP contribution >= 0.6 is 0 Å².